The Balaban J connectivity index is 3.41. The number of hydrogen-bond acceptors (Lipinski definition) is 5. The Morgan fingerprint density at radius 1 is 0.395 bits per heavy atom. The van der Waals surface area contributed by atoms with Crippen molar-refractivity contribution in [2.45, 2.75) is 155 Å². The van der Waals surface area contributed by atoms with Crippen LogP contribution >= 0.6 is 0 Å². The summed E-state index contributed by atoms with van der Waals surface area (Å²) >= 11 is 0. The van der Waals surface area contributed by atoms with E-state index in [1.165, 1.54) is 116 Å². The average molecular weight is 603 g/mol. The molecular weight excluding hydrogens is 536 g/mol. The molecule has 0 saturated carbocycles. The standard InChI is InChI=1S/C38H66O5/c1-3-5-7-9-11-13-15-17-19-21-23-25-27-29-31-37(39)33-41-35-43-36-42-34-38(40)32-30-28-26-24-22-20-18-16-14-12-10-8-6-4-2/h9-12,29-32H,3-8,13-28,33-36H2,1-2H3/b11-9-,12-10-,31-29+,32-30+. The molecule has 0 N–H and O–H groups in total. The topological polar surface area (TPSA) is 61.8 Å². The van der Waals surface area contributed by atoms with Crippen molar-refractivity contribution >= 4 is 11.6 Å². The van der Waals surface area contributed by atoms with E-state index in [1.54, 1.807) is 12.2 Å². The van der Waals surface area contributed by atoms with Crippen molar-refractivity contribution < 1.29 is 23.8 Å². The van der Waals surface area contributed by atoms with Crippen LogP contribution in [0.3, 0.4) is 0 Å². The first-order valence-corrected chi connectivity index (χ1v) is 17.6. The van der Waals surface area contributed by atoms with Crippen LogP contribution in [0.5, 0.6) is 0 Å². The van der Waals surface area contributed by atoms with Crippen LogP contribution in [0.25, 0.3) is 0 Å². The summed E-state index contributed by atoms with van der Waals surface area (Å²) in [7, 11) is 0. The van der Waals surface area contributed by atoms with Gasteiger partial charge in [0.15, 0.2) is 11.6 Å². The number of allylic oxidation sites excluding steroid dienone is 6. The minimum atomic E-state index is -0.0672. The van der Waals surface area contributed by atoms with Crippen molar-refractivity contribution in [3.63, 3.8) is 0 Å². The molecule has 0 aromatic rings. The monoisotopic (exact) mass is 602 g/mol. The third kappa shape index (κ3) is 36.3. The van der Waals surface area contributed by atoms with Crippen LogP contribution in [0.15, 0.2) is 48.6 Å². The van der Waals surface area contributed by atoms with E-state index in [-0.39, 0.29) is 38.4 Å². The Morgan fingerprint density at radius 3 is 1.05 bits per heavy atom. The van der Waals surface area contributed by atoms with Crippen molar-refractivity contribution in [3.05, 3.63) is 48.6 Å². The van der Waals surface area contributed by atoms with Gasteiger partial charge < -0.3 is 14.2 Å². The van der Waals surface area contributed by atoms with Crippen molar-refractivity contribution in [1.29, 1.82) is 0 Å². The lowest BCUT2D eigenvalue weighted by atomic mass is 10.1. The number of carbonyl (C=O) groups is 2. The zero-order valence-electron chi connectivity index (χ0n) is 28.0. The Hall–Kier alpha value is -1.82. The molecule has 0 rings (SSSR count). The normalized spacial score (nSPS) is 12.1. The molecular formula is C38H66O5. The molecule has 0 amide bonds. The third-order valence-electron chi connectivity index (χ3n) is 7.19. The highest BCUT2D eigenvalue weighted by Gasteiger charge is 1.99. The first kappa shape index (κ1) is 41.2. The number of rotatable bonds is 34. The molecule has 0 heterocycles. The van der Waals surface area contributed by atoms with Gasteiger partial charge in [0.1, 0.15) is 26.8 Å². The maximum absolute atomic E-state index is 11.9. The van der Waals surface area contributed by atoms with Gasteiger partial charge in [-0.05, 0) is 76.4 Å². The van der Waals surface area contributed by atoms with E-state index in [0.29, 0.717) is 0 Å². The molecule has 0 atom stereocenters. The smallest absolute Gasteiger partial charge is 0.181 e. The van der Waals surface area contributed by atoms with E-state index in [2.05, 4.69) is 38.2 Å². The maximum atomic E-state index is 11.9. The quantitative estimate of drug-likeness (QED) is 0.0317. The minimum Gasteiger partial charge on any atom is -0.347 e. The predicted molar refractivity (Wildman–Crippen MR) is 182 cm³/mol. The minimum absolute atomic E-state index is 0.0124. The van der Waals surface area contributed by atoms with E-state index >= 15 is 0 Å². The zero-order valence-corrected chi connectivity index (χ0v) is 28.0. The molecule has 248 valence electrons. The number of hydrogen-bond donors (Lipinski definition) is 0. The summed E-state index contributed by atoms with van der Waals surface area (Å²) < 4.78 is 15.6. The van der Waals surface area contributed by atoms with Gasteiger partial charge in [-0.25, -0.2) is 0 Å². The first-order valence-electron chi connectivity index (χ1n) is 17.6. The van der Waals surface area contributed by atoms with Crippen LogP contribution in [0.4, 0.5) is 0 Å². The molecule has 0 spiro atoms. The summed E-state index contributed by atoms with van der Waals surface area (Å²) in [6.45, 7) is 4.37. The maximum Gasteiger partial charge on any atom is 0.181 e. The van der Waals surface area contributed by atoms with Gasteiger partial charge in [-0.1, -0.05) is 127 Å². The fourth-order valence-electron chi connectivity index (χ4n) is 4.54. The van der Waals surface area contributed by atoms with Gasteiger partial charge in [-0.2, -0.15) is 0 Å². The van der Waals surface area contributed by atoms with Crippen LogP contribution in [0, 0.1) is 0 Å². The van der Waals surface area contributed by atoms with E-state index < -0.39 is 0 Å². The van der Waals surface area contributed by atoms with Gasteiger partial charge in [0.2, 0.25) is 0 Å². The fraction of sp³-hybridized carbons (Fsp3) is 0.737. The van der Waals surface area contributed by atoms with E-state index in [0.717, 1.165) is 25.7 Å². The summed E-state index contributed by atoms with van der Waals surface area (Å²) in [5.74, 6) is -0.134. The highest BCUT2D eigenvalue weighted by Crippen LogP contribution is 2.11. The van der Waals surface area contributed by atoms with E-state index in [9.17, 15) is 9.59 Å². The summed E-state index contributed by atoms with van der Waals surface area (Å²) in [6.07, 6.45) is 43.3. The van der Waals surface area contributed by atoms with Gasteiger partial charge in [0.25, 0.3) is 0 Å². The molecule has 5 heteroatoms. The highest BCUT2D eigenvalue weighted by molar-refractivity contribution is 5.91. The second-order valence-corrected chi connectivity index (χ2v) is 11.5. The molecule has 43 heavy (non-hydrogen) atoms. The summed E-state index contributed by atoms with van der Waals surface area (Å²) in [5, 5.41) is 0. The lowest BCUT2D eigenvalue weighted by molar-refractivity contribution is -0.147. The van der Waals surface area contributed by atoms with E-state index in [4.69, 9.17) is 14.2 Å². The predicted octanol–water partition coefficient (Wildman–Crippen LogP) is 10.9. The molecule has 0 unspecified atom stereocenters. The number of unbranched alkanes of at least 4 members (excludes halogenated alkanes) is 18. The molecule has 0 aliphatic heterocycles. The Kier molecular flexibility index (Phi) is 34.8. The number of ketones is 2. The van der Waals surface area contributed by atoms with Crippen LogP contribution in [-0.2, 0) is 23.8 Å². The first-order chi connectivity index (χ1) is 21.2. The molecule has 0 aliphatic rings. The zero-order chi connectivity index (χ0) is 31.3. The fourth-order valence-corrected chi connectivity index (χ4v) is 4.54. The van der Waals surface area contributed by atoms with Crippen LogP contribution < -0.4 is 0 Å². The Morgan fingerprint density at radius 2 is 0.698 bits per heavy atom. The summed E-state index contributed by atoms with van der Waals surface area (Å²) in [5.41, 5.74) is 0. The molecule has 0 aromatic heterocycles. The van der Waals surface area contributed by atoms with E-state index in [1.807, 2.05) is 12.2 Å². The second-order valence-electron chi connectivity index (χ2n) is 11.5. The van der Waals surface area contributed by atoms with Crippen molar-refractivity contribution in [3.8, 4) is 0 Å². The van der Waals surface area contributed by atoms with Gasteiger partial charge in [-0.15, -0.1) is 0 Å². The van der Waals surface area contributed by atoms with Gasteiger partial charge >= 0.3 is 0 Å². The molecule has 5 nitrogen and oxygen atoms in total. The van der Waals surface area contributed by atoms with Crippen LogP contribution in [0.2, 0.25) is 0 Å². The molecule has 0 aromatic carbocycles. The van der Waals surface area contributed by atoms with Crippen molar-refractivity contribution in [1.82, 2.24) is 0 Å². The SMILES string of the molecule is CCCC/C=C\CCCCCCCC/C=C/C(=O)COCOCOCC(=O)/C=C/CCCCCCCC/C=C\CCCC. The number of ether oxygens (including phenoxy) is 3. The average Bonchev–Trinajstić information content (AvgIpc) is 3.01. The van der Waals surface area contributed by atoms with Gasteiger partial charge in [0, 0.05) is 0 Å². The lowest BCUT2D eigenvalue weighted by Crippen LogP contribution is -2.12. The largest absolute Gasteiger partial charge is 0.347 e. The van der Waals surface area contributed by atoms with Gasteiger partial charge in [-0.3, -0.25) is 9.59 Å². The summed E-state index contributed by atoms with van der Waals surface area (Å²) in [6, 6.07) is 0. The highest BCUT2D eigenvalue weighted by atomic mass is 16.7. The van der Waals surface area contributed by atoms with Crippen molar-refractivity contribution in [2.75, 3.05) is 26.8 Å². The number of carbonyl (C=O) groups excluding carboxylic acids is 2. The third-order valence-corrected chi connectivity index (χ3v) is 7.19. The molecule has 0 bridgehead atoms. The van der Waals surface area contributed by atoms with Crippen LogP contribution in [-0.4, -0.2) is 38.4 Å². The molecule has 0 aliphatic carbocycles. The van der Waals surface area contributed by atoms with Crippen molar-refractivity contribution in [2.24, 2.45) is 0 Å². The Bertz CT molecular complexity index is 662. The Labute approximate surface area is 265 Å². The lowest BCUT2D eigenvalue weighted by Gasteiger charge is -2.04. The molecule has 0 radical (unpaired) electrons. The molecule has 0 fully saturated rings. The molecule has 0 saturated heterocycles. The van der Waals surface area contributed by atoms with Crippen LogP contribution in [0.1, 0.15) is 155 Å². The van der Waals surface area contributed by atoms with Gasteiger partial charge in [0.05, 0.1) is 0 Å². The second kappa shape index (κ2) is 36.4. The summed E-state index contributed by atoms with van der Waals surface area (Å²) in [4.78, 5) is 23.7.